The number of hydrogen-bond acceptors (Lipinski definition) is 3. The van der Waals surface area contributed by atoms with E-state index >= 15 is 0 Å². The van der Waals surface area contributed by atoms with Crippen LogP contribution in [0.3, 0.4) is 0 Å². The minimum Gasteiger partial charge on any atom is -0.370 e. The molecule has 0 aromatic heterocycles. The van der Waals surface area contributed by atoms with E-state index in [-0.39, 0.29) is 30.8 Å². The molecule has 13 heavy (non-hydrogen) atoms. The average Bonchev–Trinajstić information content (AvgIpc) is 1.84. The number of halogens is 1. The van der Waals surface area contributed by atoms with E-state index in [1.807, 2.05) is 13.8 Å². The normalized spacial score (nSPS) is 11.7. The third-order valence-corrected chi connectivity index (χ3v) is 1.19. The van der Waals surface area contributed by atoms with Crippen molar-refractivity contribution in [1.29, 1.82) is 0 Å². The highest BCUT2D eigenvalue weighted by atomic mass is 35.5. The van der Waals surface area contributed by atoms with Crippen LogP contribution in [0, 0.1) is 0 Å². The molecule has 0 rings (SSSR count). The van der Waals surface area contributed by atoms with Crippen LogP contribution in [-0.2, 0) is 9.59 Å². The Morgan fingerprint density at radius 2 is 1.85 bits per heavy atom. The summed E-state index contributed by atoms with van der Waals surface area (Å²) < 4.78 is 0. The fourth-order valence-corrected chi connectivity index (χ4v) is 0.701. The molecular weight excluding hydrogens is 194 g/mol. The summed E-state index contributed by atoms with van der Waals surface area (Å²) in [6.45, 7) is 3.63. The number of nitrogens with two attached hydrogens (primary N) is 2. The van der Waals surface area contributed by atoms with Crippen molar-refractivity contribution in [3.8, 4) is 0 Å². The maximum atomic E-state index is 11.0. The predicted octanol–water partition coefficient (Wildman–Crippen LogP) is -0.864. The fraction of sp³-hybridized carbons (Fsp3) is 0.714. The predicted molar refractivity (Wildman–Crippen MR) is 52.3 cm³/mol. The molecule has 1 unspecified atom stereocenters. The van der Waals surface area contributed by atoms with Crippen molar-refractivity contribution in [3.05, 3.63) is 0 Å². The molecule has 0 aromatic rings. The monoisotopic (exact) mass is 209 g/mol. The van der Waals surface area contributed by atoms with Crippen LogP contribution in [0.4, 0.5) is 0 Å². The third kappa shape index (κ3) is 7.55. The van der Waals surface area contributed by atoms with Gasteiger partial charge >= 0.3 is 0 Å². The largest absolute Gasteiger partial charge is 0.370 e. The molecule has 0 aliphatic rings. The molecule has 0 spiro atoms. The van der Waals surface area contributed by atoms with Gasteiger partial charge in [0, 0.05) is 6.04 Å². The second kappa shape index (κ2) is 6.68. The van der Waals surface area contributed by atoms with Gasteiger partial charge in [-0.1, -0.05) is 0 Å². The van der Waals surface area contributed by atoms with E-state index < -0.39 is 11.9 Å². The number of rotatable bonds is 4. The van der Waals surface area contributed by atoms with E-state index in [1.54, 1.807) is 0 Å². The molecule has 0 aliphatic carbocycles. The summed E-state index contributed by atoms with van der Waals surface area (Å²) in [6, 6.07) is -0.804. The molecule has 0 bridgehead atoms. The van der Waals surface area contributed by atoms with Gasteiger partial charge in [0.25, 0.3) is 0 Å². The van der Waals surface area contributed by atoms with E-state index in [0.29, 0.717) is 0 Å². The van der Waals surface area contributed by atoms with Crippen molar-refractivity contribution in [2.75, 3.05) is 0 Å². The van der Waals surface area contributed by atoms with Crippen molar-refractivity contribution < 1.29 is 9.59 Å². The molecule has 2 amide bonds. The second-order valence-corrected chi connectivity index (χ2v) is 2.94. The summed E-state index contributed by atoms with van der Waals surface area (Å²) in [5, 5.41) is 2.58. The Labute approximate surface area is 83.6 Å². The smallest absolute Gasteiger partial charge is 0.237 e. The average molecular weight is 210 g/mol. The number of primary amides is 1. The van der Waals surface area contributed by atoms with Crippen LogP contribution in [0.25, 0.3) is 0 Å². The number of hydrogen-bond donors (Lipinski definition) is 3. The Morgan fingerprint density at radius 3 is 2.15 bits per heavy atom. The van der Waals surface area contributed by atoms with Crippen LogP contribution in [-0.4, -0.2) is 23.9 Å². The van der Waals surface area contributed by atoms with Crippen LogP contribution < -0.4 is 16.8 Å². The van der Waals surface area contributed by atoms with Crippen molar-refractivity contribution >= 4 is 24.2 Å². The van der Waals surface area contributed by atoms with Crippen LogP contribution in [0.2, 0.25) is 0 Å². The Balaban J connectivity index is 0. The van der Waals surface area contributed by atoms with Gasteiger partial charge in [0.05, 0.1) is 12.5 Å². The molecule has 0 aromatic carbocycles. The summed E-state index contributed by atoms with van der Waals surface area (Å²) in [4.78, 5) is 21.4. The number of carbonyl (C=O) groups excluding carboxylic acids is 2. The van der Waals surface area contributed by atoms with Crippen LogP contribution in [0.5, 0.6) is 0 Å². The van der Waals surface area contributed by atoms with Gasteiger partial charge in [-0.25, -0.2) is 0 Å². The zero-order valence-corrected chi connectivity index (χ0v) is 8.56. The van der Waals surface area contributed by atoms with Crippen molar-refractivity contribution in [2.45, 2.75) is 32.4 Å². The maximum Gasteiger partial charge on any atom is 0.237 e. The molecule has 0 heterocycles. The molecule has 5 nitrogen and oxygen atoms in total. The van der Waals surface area contributed by atoms with E-state index in [4.69, 9.17) is 11.5 Å². The van der Waals surface area contributed by atoms with Gasteiger partial charge in [-0.05, 0) is 13.8 Å². The lowest BCUT2D eigenvalue weighted by molar-refractivity contribution is -0.126. The van der Waals surface area contributed by atoms with Gasteiger partial charge in [-0.3, -0.25) is 9.59 Å². The van der Waals surface area contributed by atoms with Gasteiger partial charge in [0.1, 0.15) is 0 Å². The highest BCUT2D eigenvalue weighted by molar-refractivity contribution is 5.87. The minimum atomic E-state index is -0.829. The molecule has 78 valence electrons. The maximum absolute atomic E-state index is 11.0. The Kier molecular flexibility index (Phi) is 7.55. The van der Waals surface area contributed by atoms with E-state index in [2.05, 4.69) is 5.32 Å². The van der Waals surface area contributed by atoms with Crippen LogP contribution in [0.1, 0.15) is 20.3 Å². The summed E-state index contributed by atoms with van der Waals surface area (Å²) in [6.07, 6.45) is -0.113. The molecule has 1 atom stereocenters. The summed E-state index contributed by atoms with van der Waals surface area (Å²) in [5.74, 6) is -0.912. The molecule has 0 saturated carbocycles. The zero-order valence-electron chi connectivity index (χ0n) is 7.74. The van der Waals surface area contributed by atoms with Gasteiger partial charge < -0.3 is 16.8 Å². The molecule has 5 N–H and O–H groups in total. The Bertz CT molecular complexity index is 185. The van der Waals surface area contributed by atoms with E-state index in [0.717, 1.165) is 0 Å². The standard InChI is InChI=1S/C7H15N3O2.ClH/c1-4(2)10-7(12)5(8)3-6(9)11;/h4-5H,3,8H2,1-2H3,(H2,9,11)(H,10,12);1H. The van der Waals surface area contributed by atoms with Gasteiger partial charge in [0.2, 0.25) is 11.8 Å². The third-order valence-electron chi connectivity index (χ3n) is 1.19. The van der Waals surface area contributed by atoms with Crippen molar-refractivity contribution in [1.82, 2.24) is 5.32 Å². The molecule has 0 aliphatic heterocycles. The van der Waals surface area contributed by atoms with E-state index in [1.165, 1.54) is 0 Å². The van der Waals surface area contributed by atoms with E-state index in [9.17, 15) is 9.59 Å². The first-order valence-electron chi connectivity index (χ1n) is 3.77. The van der Waals surface area contributed by atoms with Crippen LogP contribution in [0.15, 0.2) is 0 Å². The Morgan fingerprint density at radius 1 is 1.38 bits per heavy atom. The number of amides is 2. The first kappa shape index (κ1) is 14.7. The zero-order chi connectivity index (χ0) is 9.72. The SMILES string of the molecule is CC(C)NC(=O)C(N)CC(N)=O.Cl. The quantitative estimate of drug-likeness (QED) is 0.562. The minimum absolute atomic E-state index is 0. The summed E-state index contributed by atoms with van der Waals surface area (Å²) in [5.41, 5.74) is 10.2. The second-order valence-electron chi connectivity index (χ2n) is 2.94. The van der Waals surface area contributed by atoms with Crippen molar-refractivity contribution in [3.63, 3.8) is 0 Å². The molecule has 6 heteroatoms. The van der Waals surface area contributed by atoms with Gasteiger partial charge in [-0.2, -0.15) is 0 Å². The summed E-state index contributed by atoms with van der Waals surface area (Å²) >= 11 is 0. The topological polar surface area (TPSA) is 98.2 Å². The lowest BCUT2D eigenvalue weighted by Crippen LogP contribution is -2.45. The molecule has 0 fully saturated rings. The first-order valence-corrected chi connectivity index (χ1v) is 3.77. The number of carbonyl (C=O) groups is 2. The first-order chi connectivity index (χ1) is 5.43. The lowest BCUT2D eigenvalue weighted by atomic mass is 10.2. The van der Waals surface area contributed by atoms with Crippen LogP contribution >= 0.6 is 12.4 Å². The summed E-state index contributed by atoms with van der Waals surface area (Å²) in [7, 11) is 0. The lowest BCUT2D eigenvalue weighted by Gasteiger charge is -2.12. The molecular formula is C7H16ClN3O2. The molecule has 0 radical (unpaired) electrons. The highest BCUT2D eigenvalue weighted by Gasteiger charge is 2.15. The van der Waals surface area contributed by atoms with Gasteiger partial charge in [-0.15, -0.1) is 12.4 Å². The molecule has 0 saturated heterocycles. The van der Waals surface area contributed by atoms with Crippen molar-refractivity contribution in [2.24, 2.45) is 11.5 Å². The Hall–Kier alpha value is -0.810. The number of nitrogens with one attached hydrogen (secondary N) is 1. The fourth-order valence-electron chi connectivity index (χ4n) is 0.701. The van der Waals surface area contributed by atoms with Gasteiger partial charge in [0.15, 0.2) is 0 Å². The highest BCUT2D eigenvalue weighted by Crippen LogP contribution is 1.88.